The lowest BCUT2D eigenvalue weighted by atomic mass is 9.75. The summed E-state index contributed by atoms with van der Waals surface area (Å²) < 4.78 is 11.5. The van der Waals surface area contributed by atoms with Gasteiger partial charge in [-0.1, -0.05) is 67.4 Å². The molecule has 1 aliphatic carbocycles. The minimum atomic E-state index is 0.0127. The molecule has 3 aromatic carbocycles. The van der Waals surface area contributed by atoms with E-state index in [0.717, 1.165) is 62.4 Å². The first-order chi connectivity index (χ1) is 18.2. The molecule has 2 fully saturated rings. The van der Waals surface area contributed by atoms with Crippen molar-refractivity contribution in [2.24, 2.45) is 5.92 Å². The third-order valence-electron chi connectivity index (χ3n) is 7.79. The molecule has 37 heavy (non-hydrogen) atoms. The highest BCUT2D eigenvalue weighted by Crippen LogP contribution is 2.38. The summed E-state index contributed by atoms with van der Waals surface area (Å²) in [5, 5.41) is 3.27. The number of hydrogen-bond acceptors (Lipinski definition) is 4. The Hall–Kier alpha value is -3.31. The lowest BCUT2D eigenvalue weighted by Gasteiger charge is -2.32. The summed E-state index contributed by atoms with van der Waals surface area (Å²) in [6.45, 7) is 6.03. The minimum absolute atomic E-state index is 0.0127. The number of nitrogens with one attached hydrogen (secondary N) is 1. The summed E-state index contributed by atoms with van der Waals surface area (Å²) in [7, 11) is 0. The summed E-state index contributed by atoms with van der Waals surface area (Å²) in [5.41, 5.74) is 4.74. The van der Waals surface area contributed by atoms with Crippen molar-refractivity contribution < 1.29 is 14.3 Å². The number of ether oxygens (including phenoxy) is 2. The lowest BCUT2D eigenvalue weighted by molar-refractivity contribution is -0.127. The van der Waals surface area contributed by atoms with Crippen molar-refractivity contribution in [1.29, 1.82) is 0 Å². The molecule has 0 aromatic heterocycles. The fraction of sp³-hybridized carbons (Fsp3) is 0.406. The lowest BCUT2D eigenvalue weighted by Crippen LogP contribution is -2.37. The average Bonchev–Trinajstić information content (AvgIpc) is 2.97. The van der Waals surface area contributed by atoms with Crippen LogP contribution in [0, 0.1) is 5.92 Å². The van der Waals surface area contributed by atoms with Crippen LogP contribution >= 0.6 is 0 Å². The average molecular weight is 499 g/mol. The molecule has 194 valence electrons. The number of anilines is 1. The van der Waals surface area contributed by atoms with Crippen molar-refractivity contribution in [2.75, 3.05) is 31.2 Å². The fourth-order valence-corrected chi connectivity index (χ4v) is 5.59. The normalized spacial score (nSPS) is 20.7. The van der Waals surface area contributed by atoms with Crippen molar-refractivity contribution in [3.8, 4) is 5.75 Å². The Kier molecular flexibility index (Phi) is 8.42. The molecule has 2 aliphatic rings. The van der Waals surface area contributed by atoms with Crippen molar-refractivity contribution in [2.45, 2.75) is 51.2 Å². The van der Waals surface area contributed by atoms with Gasteiger partial charge in [0.05, 0.1) is 19.3 Å². The number of morpholine rings is 1. The summed E-state index contributed by atoms with van der Waals surface area (Å²) in [6.07, 6.45) is 4.30. The molecule has 1 saturated heterocycles. The van der Waals surface area contributed by atoms with Crippen LogP contribution in [0.15, 0.2) is 78.9 Å². The quantitative estimate of drug-likeness (QED) is 0.399. The van der Waals surface area contributed by atoms with Gasteiger partial charge in [0, 0.05) is 24.7 Å². The first kappa shape index (κ1) is 25.3. The molecule has 1 amide bonds. The highest BCUT2D eigenvalue weighted by atomic mass is 16.5. The topological polar surface area (TPSA) is 50.8 Å². The Morgan fingerprint density at radius 2 is 1.65 bits per heavy atom. The van der Waals surface area contributed by atoms with Gasteiger partial charge in [0.1, 0.15) is 12.4 Å². The number of hydrogen-bond donors (Lipinski definition) is 1. The predicted octanol–water partition coefficient (Wildman–Crippen LogP) is 6.25. The van der Waals surface area contributed by atoms with Gasteiger partial charge in [-0.3, -0.25) is 4.79 Å². The first-order valence-corrected chi connectivity index (χ1v) is 13.7. The zero-order valence-electron chi connectivity index (χ0n) is 21.8. The van der Waals surface area contributed by atoms with Crippen LogP contribution in [0.1, 0.15) is 61.3 Å². The highest BCUT2D eigenvalue weighted by Gasteiger charge is 2.32. The molecule has 5 nitrogen and oxygen atoms in total. The van der Waals surface area contributed by atoms with Crippen LogP contribution in [0.25, 0.3) is 0 Å². The molecule has 1 aliphatic heterocycles. The SMILES string of the molecule is C[C@H](NC(=O)[C@H]1CCCC[C@@H]1c1ccc(COc2ccc(N3CCOCC3)cc2)cc1)c1ccccc1. The number of carbonyl (C=O) groups is 1. The van der Waals surface area contributed by atoms with E-state index in [1.807, 2.05) is 30.3 Å². The fourth-order valence-electron chi connectivity index (χ4n) is 5.59. The first-order valence-electron chi connectivity index (χ1n) is 13.7. The maximum Gasteiger partial charge on any atom is 0.224 e. The molecule has 0 bridgehead atoms. The van der Waals surface area contributed by atoms with Crippen LogP contribution in [-0.2, 0) is 16.1 Å². The van der Waals surface area contributed by atoms with Crippen molar-refractivity contribution in [3.63, 3.8) is 0 Å². The van der Waals surface area contributed by atoms with Crippen molar-refractivity contribution >= 4 is 11.6 Å². The zero-order valence-corrected chi connectivity index (χ0v) is 21.8. The second-order valence-electron chi connectivity index (χ2n) is 10.3. The number of amides is 1. The highest BCUT2D eigenvalue weighted by molar-refractivity contribution is 5.80. The monoisotopic (exact) mass is 498 g/mol. The summed E-state index contributed by atoms with van der Waals surface area (Å²) in [5.74, 6) is 1.33. The third-order valence-corrected chi connectivity index (χ3v) is 7.79. The Morgan fingerprint density at radius 3 is 2.38 bits per heavy atom. The smallest absolute Gasteiger partial charge is 0.224 e. The van der Waals surface area contributed by atoms with Crippen LogP contribution in [0.3, 0.4) is 0 Å². The van der Waals surface area contributed by atoms with Gasteiger partial charge in [0.15, 0.2) is 0 Å². The molecule has 1 N–H and O–H groups in total. The molecular weight excluding hydrogens is 460 g/mol. The van der Waals surface area contributed by atoms with Gasteiger partial charge in [-0.2, -0.15) is 0 Å². The van der Waals surface area contributed by atoms with Crippen molar-refractivity contribution in [1.82, 2.24) is 5.32 Å². The largest absolute Gasteiger partial charge is 0.489 e. The second-order valence-corrected chi connectivity index (χ2v) is 10.3. The molecule has 0 unspecified atom stereocenters. The van der Waals surface area contributed by atoms with E-state index in [-0.39, 0.29) is 23.8 Å². The number of benzene rings is 3. The van der Waals surface area contributed by atoms with E-state index in [0.29, 0.717) is 6.61 Å². The maximum atomic E-state index is 13.3. The third kappa shape index (κ3) is 6.53. The van der Waals surface area contributed by atoms with Gasteiger partial charge in [-0.15, -0.1) is 0 Å². The molecule has 1 heterocycles. The van der Waals surface area contributed by atoms with Gasteiger partial charge >= 0.3 is 0 Å². The molecule has 1 saturated carbocycles. The molecular formula is C32H38N2O3. The maximum absolute atomic E-state index is 13.3. The van der Waals surface area contributed by atoms with Crippen LogP contribution in [-0.4, -0.2) is 32.2 Å². The van der Waals surface area contributed by atoms with E-state index in [1.165, 1.54) is 17.7 Å². The summed E-state index contributed by atoms with van der Waals surface area (Å²) in [6, 6.07) is 27.2. The van der Waals surface area contributed by atoms with E-state index < -0.39 is 0 Å². The molecule has 3 atom stereocenters. The van der Waals surface area contributed by atoms with Gasteiger partial charge in [0.25, 0.3) is 0 Å². The van der Waals surface area contributed by atoms with Gasteiger partial charge in [-0.25, -0.2) is 0 Å². The molecule has 5 rings (SSSR count). The Bertz CT molecular complexity index is 1120. The van der Waals surface area contributed by atoms with E-state index >= 15 is 0 Å². The Balaban J connectivity index is 1.17. The van der Waals surface area contributed by atoms with Gasteiger partial charge < -0.3 is 19.7 Å². The summed E-state index contributed by atoms with van der Waals surface area (Å²) >= 11 is 0. The van der Waals surface area contributed by atoms with Gasteiger partial charge in [-0.05, 0) is 66.6 Å². The molecule has 0 radical (unpaired) electrons. The summed E-state index contributed by atoms with van der Waals surface area (Å²) in [4.78, 5) is 15.6. The minimum Gasteiger partial charge on any atom is -0.489 e. The zero-order chi connectivity index (χ0) is 25.5. The molecule has 5 heteroatoms. The van der Waals surface area contributed by atoms with Gasteiger partial charge in [0.2, 0.25) is 5.91 Å². The van der Waals surface area contributed by atoms with Crippen LogP contribution < -0.4 is 15.0 Å². The number of nitrogens with zero attached hydrogens (tertiary/aromatic N) is 1. The molecule has 0 spiro atoms. The standard InChI is InChI=1S/C32H38N2O3/c1-24(26-7-3-2-4-8-26)33-32(35)31-10-6-5-9-30(31)27-13-11-25(12-14-27)23-37-29-17-15-28(16-18-29)34-19-21-36-22-20-34/h2-4,7-8,11-18,24,30-31H,5-6,9-10,19-23H2,1H3,(H,33,35)/t24-,30+,31-/m0/s1. The van der Waals surface area contributed by atoms with Crippen molar-refractivity contribution in [3.05, 3.63) is 95.6 Å². The van der Waals surface area contributed by atoms with Crippen LogP contribution in [0.4, 0.5) is 5.69 Å². The predicted molar refractivity (Wildman–Crippen MR) is 148 cm³/mol. The number of rotatable bonds is 8. The Labute approximate surface area is 220 Å². The van der Waals surface area contributed by atoms with E-state index in [9.17, 15) is 4.79 Å². The second kappa shape index (κ2) is 12.3. The molecule has 3 aromatic rings. The number of carbonyl (C=O) groups excluding carboxylic acids is 1. The van der Waals surface area contributed by atoms with E-state index in [1.54, 1.807) is 0 Å². The van der Waals surface area contributed by atoms with Crippen LogP contribution in [0.5, 0.6) is 5.75 Å². The van der Waals surface area contributed by atoms with Crippen LogP contribution in [0.2, 0.25) is 0 Å². The Morgan fingerprint density at radius 1 is 0.946 bits per heavy atom. The van der Waals surface area contributed by atoms with E-state index in [4.69, 9.17) is 9.47 Å². The van der Waals surface area contributed by atoms with E-state index in [2.05, 4.69) is 65.7 Å².